The number of nitrogens with one attached hydrogen (secondary N) is 1. The topological polar surface area (TPSA) is 95.6 Å². The number of H-pyrrole nitrogens is 1. The standard InChI is InChI=1S/C20H23ClN4O4/c21-15-5-1-2-6-17(15)29-14-3-7-19(27)24-10-4-11-25(13-12-24)20(28)16-8-9-18(26)23-22-16/h1-2,5-6,8-9H,3-4,7,10-14H2,(H,23,26). The van der Waals surface area contributed by atoms with Gasteiger partial charge in [-0.05, 0) is 31.0 Å². The second kappa shape index (κ2) is 10.1. The molecule has 2 amide bonds. The summed E-state index contributed by atoms with van der Waals surface area (Å²) in [6, 6.07) is 9.92. The first-order valence-corrected chi connectivity index (χ1v) is 9.92. The Morgan fingerprint density at radius 3 is 2.59 bits per heavy atom. The molecule has 1 aromatic heterocycles. The van der Waals surface area contributed by atoms with Crippen LogP contribution in [0.5, 0.6) is 5.75 Å². The van der Waals surface area contributed by atoms with Crippen molar-refractivity contribution in [2.24, 2.45) is 0 Å². The lowest BCUT2D eigenvalue weighted by Crippen LogP contribution is -2.37. The van der Waals surface area contributed by atoms with Gasteiger partial charge in [-0.2, -0.15) is 5.10 Å². The molecule has 8 nitrogen and oxygen atoms in total. The zero-order valence-electron chi connectivity index (χ0n) is 16.0. The summed E-state index contributed by atoms with van der Waals surface area (Å²) in [6.07, 6.45) is 1.65. The molecule has 2 aromatic rings. The monoisotopic (exact) mass is 418 g/mol. The van der Waals surface area contributed by atoms with Crippen molar-refractivity contribution in [1.82, 2.24) is 20.0 Å². The van der Waals surface area contributed by atoms with Crippen LogP contribution in [0.3, 0.4) is 0 Å². The Balaban J connectivity index is 1.44. The number of amides is 2. The number of para-hydroxylation sites is 1. The highest BCUT2D eigenvalue weighted by Gasteiger charge is 2.23. The summed E-state index contributed by atoms with van der Waals surface area (Å²) in [4.78, 5) is 39.6. The van der Waals surface area contributed by atoms with Gasteiger partial charge in [0.2, 0.25) is 5.91 Å². The molecule has 0 unspecified atom stereocenters. The van der Waals surface area contributed by atoms with Gasteiger partial charge in [0.15, 0.2) is 0 Å². The van der Waals surface area contributed by atoms with Crippen molar-refractivity contribution in [2.45, 2.75) is 19.3 Å². The molecule has 0 saturated carbocycles. The van der Waals surface area contributed by atoms with E-state index in [0.717, 1.165) is 0 Å². The molecule has 0 aliphatic carbocycles. The van der Waals surface area contributed by atoms with Gasteiger partial charge >= 0.3 is 0 Å². The fourth-order valence-corrected chi connectivity index (χ4v) is 3.31. The highest BCUT2D eigenvalue weighted by molar-refractivity contribution is 6.32. The van der Waals surface area contributed by atoms with E-state index in [4.69, 9.17) is 16.3 Å². The summed E-state index contributed by atoms with van der Waals surface area (Å²) in [7, 11) is 0. The lowest BCUT2D eigenvalue weighted by molar-refractivity contribution is -0.131. The van der Waals surface area contributed by atoms with E-state index in [2.05, 4.69) is 10.2 Å². The number of hydrogen-bond donors (Lipinski definition) is 1. The molecular weight excluding hydrogens is 396 g/mol. The number of rotatable bonds is 6. The number of aromatic amines is 1. The van der Waals surface area contributed by atoms with Crippen LogP contribution in [0.25, 0.3) is 0 Å². The van der Waals surface area contributed by atoms with Gasteiger partial charge in [-0.25, -0.2) is 5.10 Å². The molecule has 0 spiro atoms. The molecule has 0 atom stereocenters. The zero-order chi connectivity index (χ0) is 20.6. The highest BCUT2D eigenvalue weighted by atomic mass is 35.5. The maximum atomic E-state index is 12.5. The van der Waals surface area contributed by atoms with Crippen LogP contribution >= 0.6 is 11.6 Å². The van der Waals surface area contributed by atoms with Crippen molar-refractivity contribution in [3.8, 4) is 5.75 Å². The second-order valence-electron chi connectivity index (χ2n) is 6.72. The van der Waals surface area contributed by atoms with Crippen LogP contribution in [-0.2, 0) is 4.79 Å². The largest absolute Gasteiger partial charge is 0.492 e. The second-order valence-corrected chi connectivity index (χ2v) is 7.12. The Morgan fingerprint density at radius 1 is 1.07 bits per heavy atom. The summed E-state index contributed by atoms with van der Waals surface area (Å²) >= 11 is 6.04. The third kappa shape index (κ3) is 5.80. The first-order chi connectivity index (χ1) is 14.0. The lowest BCUT2D eigenvalue weighted by atomic mass is 10.2. The molecular formula is C20H23ClN4O4. The van der Waals surface area contributed by atoms with Crippen LogP contribution < -0.4 is 10.3 Å². The van der Waals surface area contributed by atoms with Crippen molar-refractivity contribution < 1.29 is 14.3 Å². The van der Waals surface area contributed by atoms with Gasteiger partial charge < -0.3 is 14.5 Å². The summed E-state index contributed by atoms with van der Waals surface area (Å²) in [6.45, 7) is 2.46. The number of halogens is 1. The molecule has 2 heterocycles. The van der Waals surface area contributed by atoms with Gasteiger partial charge in [-0.15, -0.1) is 0 Å². The minimum Gasteiger partial charge on any atom is -0.492 e. The SMILES string of the molecule is O=C(CCCOc1ccccc1Cl)N1CCCN(C(=O)c2ccc(=O)[nH]n2)CC1. The van der Waals surface area contributed by atoms with E-state index >= 15 is 0 Å². The van der Waals surface area contributed by atoms with Gasteiger partial charge in [-0.1, -0.05) is 23.7 Å². The Morgan fingerprint density at radius 2 is 1.83 bits per heavy atom. The third-order valence-electron chi connectivity index (χ3n) is 4.66. The van der Waals surface area contributed by atoms with Crippen molar-refractivity contribution in [3.63, 3.8) is 0 Å². The Bertz CT molecular complexity index is 897. The van der Waals surface area contributed by atoms with Crippen LogP contribution in [0, 0.1) is 0 Å². The van der Waals surface area contributed by atoms with E-state index in [1.54, 1.807) is 21.9 Å². The smallest absolute Gasteiger partial charge is 0.274 e. The molecule has 9 heteroatoms. The predicted molar refractivity (Wildman–Crippen MR) is 108 cm³/mol. The number of benzene rings is 1. The molecule has 154 valence electrons. The number of aromatic nitrogens is 2. The van der Waals surface area contributed by atoms with Gasteiger partial charge in [-0.3, -0.25) is 14.4 Å². The van der Waals surface area contributed by atoms with E-state index in [0.29, 0.717) is 62.8 Å². The molecule has 1 aliphatic heterocycles. The van der Waals surface area contributed by atoms with E-state index in [1.807, 2.05) is 12.1 Å². The molecule has 1 N–H and O–H groups in total. The fraction of sp³-hybridized carbons (Fsp3) is 0.400. The highest BCUT2D eigenvalue weighted by Crippen LogP contribution is 2.23. The minimum absolute atomic E-state index is 0.0456. The Labute approximate surface area is 173 Å². The average Bonchev–Trinajstić information content (AvgIpc) is 2.99. The minimum atomic E-state index is -0.354. The number of carbonyl (C=O) groups excluding carboxylic acids is 2. The van der Waals surface area contributed by atoms with Crippen LogP contribution in [0.4, 0.5) is 0 Å². The molecule has 0 radical (unpaired) electrons. The van der Waals surface area contributed by atoms with Crippen molar-refractivity contribution in [2.75, 3.05) is 32.8 Å². The average molecular weight is 419 g/mol. The number of ether oxygens (including phenoxy) is 1. The summed E-state index contributed by atoms with van der Waals surface area (Å²) < 4.78 is 5.62. The molecule has 1 fully saturated rings. The Hall–Kier alpha value is -2.87. The van der Waals surface area contributed by atoms with Gasteiger partial charge in [0.05, 0.1) is 11.6 Å². The first kappa shape index (κ1) is 20.9. The van der Waals surface area contributed by atoms with E-state index in [1.165, 1.54) is 12.1 Å². The lowest BCUT2D eigenvalue weighted by Gasteiger charge is -2.22. The maximum absolute atomic E-state index is 12.5. The quantitative estimate of drug-likeness (QED) is 0.723. The summed E-state index contributed by atoms with van der Waals surface area (Å²) in [5.74, 6) is 0.411. The van der Waals surface area contributed by atoms with Crippen LogP contribution in [0.15, 0.2) is 41.2 Å². The molecule has 29 heavy (non-hydrogen) atoms. The van der Waals surface area contributed by atoms with Crippen LogP contribution in [0.2, 0.25) is 5.02 Å². The van der Waals surface area contributed by atoms with Gasteiger partial charge in [0, 0.05) is 38.7 Å². The van der Waals surface area contributed by atoms with Gasteiger partial charge in [0.1, 0.15) is 11.4 Å². The molecule has 3 rings (SSSR count). The Kier molecular flexibility index (Phi) is 7.24. The van der Waals surface area contributed by atoms with Crippen LogP contribution in [0.1, 0.15) is 29.8 Å². The van der Waals surface area contributed by atoms with Crippen molar-refractivity contribution in [1.29, 1.82) is 0 Å². The molecule has 1 aliphatic rings. The third-order valence-corrected chi connectivity index (χ3v) is 4.98. The molecule has 1 saturated heterocycles. The van der Waals surface area contributed by atoms with E-state index in [-0.39, 0.29) is 23.1 Å². The normalized spacial score (nSPS) is 14.4. The van der Waals surface area contributed by atoms with Gasteiger partial charge in [0.25, 0.3) is 11.5 Å². The van der Waals surface area contributed by atoms with Crippen molar-refractivity contribution >= 4 is 23.4 Å². The summed E-state index contributed by atoms with van der Waals surface area (Å²) in [5, 5.41) is 6.60. The van der Waals surface area contributed by atoms with E-state index < -0.39 is 0 Å². The predicted octanol–water partition coefficient (Wildman–Crippen LogP) is 1.96. The molecule has 0 bridgehead atoms. The maximum Gasteiger partial charge on any atom is 0.274 e. The summed E-state index contributed by atoms with van der Waals surface area (Å²) in [5.41, 5.74) is -0.159. The number of hydrogen-bond acceptors (Lipinski definition) is 5. The number of carbonyl (C=O) groups is 2. The fourth-order valence-electron chi connectivity index (χ4n) is 3.12. The zero-order valence-corrected chi connectivity index (χ0v) is 16.7. The molecule has 1 aromatic carbocycles. The van der Waals surface area contributed by atoms with Crippen molar-refractivity contribution in [3.05, 3.63) is 57.5 Å². The first-order valence-electron chi connectivity index (χ1n) is 9.55. The van der Waals surface area contributed by atoms with E-state index in [9.17, 15) is 14.4 Å². The van der Waals surface area contributed by atoms with Crippen LogP contribution in [-0.4, -0.2) is 64.6 Å². The number of nitrogens with zero attached hydrogens (tertiary/aromatic N) is 3.